The molecule has 0 unspecified atom stereocenters. The molecule has 26 heavy (non-hydrogen) atoms. The molecule has 0 atom stereocenters. The Bertz CT molecular complexity index is 755. The first-order chi connectivity index (χ1) is 12.6. The first-order valence-corrected chi connectivity index (χ1v) is 10.0. The highest BCUT2D eigenvalue weighted by Gasteiger charge is 2.21. The quantitative estimate of drug-likeness (QED) is 0.655. The average molecular weight is 375 g/mol. The molecule has 0 N–H and O–H groups in total. The summed E-state index contributed by atoms with van der Waals surface area (Å²) < 4.78 is 26.9. The highest BCUT2D eigenvalue weighted by atomic mass is 32.2. The van der Waals surface area contributed by atoms with Crippen LogP contribution in [0.5, 0.6) is 0 Å². The molecule has 1 fully saturated rings. The van der Waals surface area contributed by atoms with Gasteiger partial charge in [0, 0.05) is 41.8 Å². The number of nitrogens with zero attached hydrogens (tertiary/aromatic N) is 1. The summed E-state index contributed by atoms with van der Waals surface area (Å²) >= 11 is 1.80. The first-order valence-electron chi connectivity index (χ1n) is 9.03. The van der Waals surface area contributed by atoms with Gasteiger partial charge in [0.05, 0.1) is 0 Å². The van der Waals surface area contributed by atoms with Gasteiger partial charge < -0.3 is 4.90 Å². The molecule has 1 heterocycles. The minimum absolute atomic E-state index is 0.250. The smallest absolute Gasteiger partial charge is 0.222 e. The van der Waals surface area contributed by atoms with Gasteiger partial charge in [0.25, 0.3) is 0 Å². The van der Waals surface area contributed by atoms with Crippen LogP contribution in [0.15, 0.2) is 47.4 Å². The Morgan fingerprint density at radius 3 is 2.42 bits per heavy atom. The van der Waals surface area contributed by atoms with E-state index < -0.39 is 11.6 Å². The second kappa shape index (κ2) is 8.67. The molecule has 5 heteroatoms. The lowest BCUT2D eigenvalue weighted by Gasteiger charge is -2.31. The molecule has 2 aromatic rings. The molecule has 0 radical (unpaired) electrons. The van der Waals surface area contributed by atoms with Gasteiger partial charge in [0.15, 0.2) is 0 Å². The molecule has 0 saturated carbocycles. The maximum absolute atomic E-state index is 13.9. The van der Waals surface area contributed by atoms with E-state index in [-0.39, 0.29) is 5.91 Å². The molecule has 138 valence electrons. The van der Waals surface area contributed by atoms with Gasteiger partial charge in [0.1, 0.15) is 11.6 Å². The van der Waals surface area contributed by atoms with Gasteiger partial charge in [-0.25, -0.2) is 8.78 Å². The molecule has 1 aliphatic heterocycles. The summed E-state index contributed by atoms with van der Waals surface area (Å²) in [5.41, 5.74) is 1.16. The van der Waals surface area contributed by atoms with Gasteiger partial charge in [-0.05, 0) is 48.6 Å². The van der Waals surface area contributed by atoms with Gasteiger partial charge in [0.2, 0.25) is 5.91 Å². The molecule has 2 nitrogen and oxygen atoms in total. The van der Waals surface area contributed by atoms with Crippen LogP contribution in [0.4, 0.5) is 8.78 Å². The Morgan fingerprint density at radius 2 is 1.81 bits per heavy atom. The van der Waals surface area contributed by atoms with E-state index in [9.17, 15) is 13.6 Å². The summed E-state index contributed by atoms with van der Waals surface area (Å²) in [5, 5.41) is 0. The van der Waals surface area contributed by atoms with Crippen molar-refractivity contribution in [3.8, 4) is 11.1 Å². The first kappa shape index (κ1) is 18.9. The Labute approximate surface area is 157 Å². The third-order valence-electron chi connectivity index (χ3n) is 4.85. The third-order valence-corrected chi connectivity index (χ3v) is 6.10. The van der Waals surface area contributed by atoms with E-state index in [1.54, 1.807) is 11.8 Å². The van der Waals surface area contributed by atoms with Gasteiger partial charge in [-0.15, -0.1) is 11.8 Å². The van der Waals surface area contributed by atoms with Crippen LogP contribution in [0, 0.1) is 17.6 Å². The highest BCUT2D eigenvalue weighted by Crippen LogP contribution is 2.29. The molecule has 1 aliphatic rings. The minimum atomic E-state index is -0.565. The molecule has 0 aromatic heterocycles. The standard InChI is InChI=1S/C21H23F2NOS/c1-2-21(25)24-11-9-15(10-12-24)14-26-18-6-3-16(4-7-18)19-8-5-17(22)13-20(19)23/h3-8,13,15H,2,9-12,14H2,1H3. The number of piperidine rings is 1. The summed E-state index contributed by atoms with van der Waals surface area (Å²) in [4.78, 5) is 14.8. The van der Waals surface area contributed by atoms with Gasteiger partial charge in [-0.1, -0.05) is 19.1 Å². The number of thioether (sulfide) groups is 1. The highest BCUT2D eigenvalue weighted by molar-refractivity contribution is 7.99. The second-order valence-electron chi connectivity index (χ2n) is 6.64. The maximum Gasteiger partial charge on any atom is 0.222 e. The lowest BCUT2D eigenvalue weighted by atomic mass is 9.99. The summed E-state index contributed by atoms with van der Waals surface area (Å²) in [6.45, 7) is 3.63. The number of halogens is 2. The van der Waals surface area contributed by atoms with Crippen LogP contribution in [-0.4, -0.2) is 29.6 Å². The van der Waals surface area contributed by atoms with Crippen LogP contribution in [0.3, 0.4) is 0 Å². The SMILES string of the molecule is CCC(=O)N1CCC(CSc2ccc(-c3ccc(F)cc3F)cc2)CC1. The van der Waals surface area contributed by atoms with Crippen molar-refractivity contribution < 1.29 is 13.6 Å². The van der Waals surface area contributed by atoms with Crippen LogP contribution in [0.1, 0.15) is 26.2 Å². The van der Waals surface area contributed by atoms with Crippen molar-refractivity contribution in [2.24, 2.45) is 5.92 Å². The zero-order valence-corrected chi connectivity index (χ0v) is 15.7. The lowest BCUT2D eigenvalue weighted by Crippen LogP contribution is -2.38. The fourth-order valence-electron chi connectivity index (χ4n) is 3.24. The van der Waals surface area contributed by atoms with Crippen molar-refractivity contribution in [2.45, 2.75) is 31.1 Å². The van der Waals surface area contributed by atoms with Crippen LogP contribution >= 0.6 is 11.8 Å². The molecule has 0 aliphatic carbocycles. The van der Waals surface area contributed by atoms with Crippen LogP contribution in [-0.2, 0) is 4.79 Å². The van der Waals surface area contributed by atoms with Gasteiger partial charge >= 0.3 is 0 Å². The Hall–Kier alpha value is -1.88. The van der Waals surface area contributed by atoms with Crippen LogP contribution in [0.25, 0.3) is 11.1 Å². The summed E-state index contributed by atoms with van der Waals surface area (Å²) in [6, 6.07) is 11.4. The van der Waals surface area contributed by atoms with E-state index in [1.165, 1.54) is 12.1 Å². The van der Waals surface area contributed by atoms with E-state index in [0.29, 0.717) is 17.9 Å². The molecular formula is C21H23F2NOS. The summed E-state index contributed by atoms with van der Waals surface area (Å²) in [7, 11) is 0. The van der Waals surface area contributed by atoms with Crippen molar-refractivity contribution in [2.75, 3.05) is 18.8 Å². The number of carbonyl (C=O) groups excluding carboxylic acids is 1. The Balaban J connectivity index is 1.53. The second-order valence-corrected chi connectivity index (χ2v) is 7.73. The van der Waals surface area contributed by atoms with E-state index in [1.807, 2.05) is 36.1 Å². The van der Waals surface area contributed by atoms with Gasteiger partial charge in [-0.3, -0.25) is 4.79 Å². The Morgan fingerprint density at radius 1 is 1.12 bits per heavy atom. The molecule has 0 spiro atoms. The van der Waals surface area contributed by atoms with Crippen molar-refractivity contribution in [1.82, 2.24) is 4.90 Å². The lowest BCUT2D eigenvalue weighted by molar-refractivity contribution is -0.132. The number of rotatable bonds is 5. The third kappa shape index (κ3) is 4.64. The summed E-state index contributed by atoms with van der Waals surface area (Å²) in [6.07, 6.45) is 2.69. The van der Waals surface area contributed by atoms with Crippen LogP contribution in [0.2, 0.25) is 0 Å². The number of hydrogen-bond donors (Lipinski definition) is 0. The number of carbonyl (C=O) groups is 1. The van der Waals surface area contributed by atoms with Crippen LogP contribution < -0.4 is 0 Å². The topological polar surface area (TPSA) is 20.3 Å². The molecule has 0 bridgehead atoms. The maximum atomic E-state index is 13.9. The number of likely N-dealkylation sites (tertiary alicyclic amines) is 1. The van der Waals surface area contributed by atoms with Crippen molar-refractivity contribution in [3.63, 3.8) is 0 Å². The largest absolute Gasteiger partial charge is 0.343 e. The monoisotopic (exact) mass is 375 g/mol. The minimum Gasteiger partial charge on any atom is -0.343 e. The van der Waals surface area contributed by atoms with Crippen molar-refractivity contribution in [1.29, 1.82) is 0 Å². The average Bonchev–Trinajstić information content (AvgIpc) is 2.67. The van der Waals surface area contributed by atoms with E-state index in [2.05, 4.69) is 0 Å². The van der Waals surface area contributed by atoms with Crippen molar-refractivity contribution in [3.05, 3.63) is 54.1 Å². The van der Waals surface area contributed by atoms with E-state index in [0.717, 1.165) is 48.2 Å². The zero-order chi connectivity index (χ0) is 18.5. The number of hydrogen-bond acceptors (Lipinski definition) is 2. The fourth-order valence-corrected chi connectivity index (χ4v) is 4.33. The molecule has 1 saturated heterocycles. The van der Waals surface area contributed by atoms with E-state index >= 15 is 0 Å². The number of amides is 1. The van der Waals surface area contributed by atoms with Gasteiger partial charge in [-0.2, -0.15) is 0 Å². The summed E-state index contributed by atoms with van der Waals surface area (Å²) in [5.74, 6) is 0.789. The predicted octanol–water partition coefficient (Wildman–Crippen LogP) is 5.37. The molecule has 2 aromatic carbocycles. The number of benzene rings is 2. The molecule has 1 amide bonds. The normalized spacial score (nSPS) is 15.3. The fraction of sp³-hybridized carbons (Fsp3) is 0.381. The zero-order valence-electron chi connectivity index (χ0n) is 14.9. The van der Waals surface area contributed by atoms with E-state index in [4.69, 9.17) is 0 Å². The molecule has 3 rings (SSSR count). The van der Waals surface area contributed by atoms with Crippen molar-refractivity contribution >= 4 is 17.7 Å². The predicted molar refractivity (Wildman–Crippen MR) is 102 cm³/mol. The Kier molecular flexibility index (Phi) is 6.30. The molecular weight excluding hydrogens is 352 g/mol.